The molecule has 2 fully saturated rings. The van der Waals surface area contributed by atoms with Gasteiger partial charge in [-0.2, -0.15) is 5.10 Å². The van der Waals surface area contributed by atoms with Crippen molar-refractivity contribution in [2.45, 2.75) is 37.6 Å². The van der Waals surface area contributed by atoms with Gasteiger partial charge in [-0.1, -0.05) is 18.2 Å². The number of aromatic nitrogens is 4. The largest absolute Gasteiger partial charge is 0.378 e. The van der Waals surface area contributed by atoms with Gasteiger partial charge in [-0.15, -0.1) is 0 Å². The molecule has 2 aliphatic rings. The molecule has 0 atom stereocenters. The molecular formula is C26H28N6O3. The highest BCUT2D eigenvalue weighted by atomic mass is 16.5. The van der Waals surface area contributed by atoms with Crippen molar-refractivity contribution in [3.05, 3.63) is 70.5 Å². The molecule has 35 heavy (non-hydrogen) atoms. The summed E-state index contributed by atoms with van der Waals surface area (Å²) in [6.07, 6.45) is 7.11. The van der Waals surface area contributed by atoms with Gasteiger partial charge >= 0.3 is 0 Å². The minimum atomic E-state index is -0.157. The second kappa shape index (κ2) is 9.14. The summed E-state index contributed by atoms with van der Waals surface area (Å²) in [4.78, 5) is 32.0. The molecule has 4 aromatic rings. The van der Waals surface area contributed by atoms with Gasteiger partial charge in [-0.25, -0.2) is 10.1 Å². The summed E-state index contributed by atoms with van der Waals surface area (Å²) >= 11 is 0. The molecule has 0 bridgehead atoms. The summed E-state index contributed by atoms with van der Waals surface area (Å²) in [5, 5.41) is 11.8. The number of carbonyl (C=O) groups excluding carboxylic acids is 1. The average Bonchev–Trinajstić information content (AvgIpc) is 3.34. The van der Waals surface area contributed by atoms with Crippen molar-refractivity contribution in [3.8, 4) is 0 Å². The Morgan fingerprint density at radius 1 is 1.06 bits per heavy atom. The summed E-state index contributed by atoms with van der Waals surface area (Å²) in [6.45, 7) is 3.17. The van der Waals surface area contributed by atoms with Crippen LogP contribution in [0.4, 0.5) is 5.69 Å². The Morgan fingerprint density at radius 3 is 2.63 bits per heavy atom. The van der Waals surface area contributed by atoms with Gasteiger partial charge in [-0.05, 0) is 37.8 Å². The van der Waals surface area contributed by atoms with Crippen LogP contribution in [-0.4, -0.2) is 57.8 Å². The van der Waals surface area contributed by atoms with Crippen molar-refractivity contribution < 1.29 is 9.53 Å². The molecule has 2 N–H and O–H groups in total. The number of ether oxygens (including phenoxy) is 1. The van der Waals surface area contributed by atoms with Gasteiger partial charge in [0.15, 0.2) is 0 Å². The van der Waals surface area contributed by atoms with E-state index >= 15 is 0 Å². The molecule has 9 heteroatoms. The molecule has 6 rings (SSSR count). The van der Waals surface area contributed by atoms with Crippen LogP contribution >= 0.6 is 0 Å². The summed E-state index contributed by atoms with van der Waals surface area (Å²) < 4.78 is 7.29. The highest BCUT2D eigenvalue weighted by Crippen LogP contribution is 2.34. The fraction of sp³-hybridized carbons (Fsp3) is 0.385. The molecule has 4 heterocycles. The van der Waals surface area contributed by atoms with Crippen LogP contribution in [0.15, 0.2) is 53.6 Å². The van der Waals surface area contributed by atoms with E-state index in [0.717, 1.165) is 74.4 Å². The average molecular weight is 473 g/mol. The first kappa shape index (κ1) is 21.8. The molecule has 9 nitrogen and oxygen atoms in total. The predicted octanol–water partition coefficient (Wildman–Crippen LogP) is 2.86. The van der Waals surface area contributed by atoms with Crippen LogP contribution in [0.5, 0.6) is 0 Å². The van der Waals surface area contributed by atoms with E-state index in [9.17, 15) is 9.59 Å². The number of hydrogen-bond donors (Lipinski definition) is 2. The highest BCUT2D eigenvalue weighted by Gasteiger charge is 2.27. The molecule has 180 valence electrons. The fourth-order valence-corrected chi connectivity index (χ4v) is 5.37. The zero-order chi connectivity index (χ0) is 23.8. The number of imidazole rings is 1. The van der Waals surface area contributed by atoms with E-state index in [4.69, 9.17) is 4.74 Å². The number of carbonyl (C=O) groups is 1. The molecule has 3 aromatic heterocycles. The van der Waals surface area contributed by atoms with Gasteiger partial charge in [0.25, 0.3) is 11.5 Å². The Kier molecular flexibility index (Phi) is 5.69. The van der Waals surface area contributed by atoms with Crippen molar-refractivity contribution in [2.24, 2.45) is 0 Å². The molecule has 1 saturated heterocycles. The molecule has 0 unspecified atom stereocenters. The summed E-state index contributed by atoms with van der Waals surface area (Å²) in [5.41, 5.74) is 3.20. The van der Waals surface area contributed by atoms with Crippen LogP contribution in [0, 0.1) is 0 Å². The van der Waals surface area contributed by atoms with Crippen molar-refractivity contribution in [1.29, 1.82) is 0 Å². The number of hydrogen-bond acceptors (Lipinski definition) is 6. The number of nitrogens with zero attached hydrogens (tertiary/aromatic N) is 4. The standard InChI is InChI=1S/C26H28N6O3/c33-25-21-4-2-1-3-20(21)24(29-30-25)17-5-7-18(8-6-17)28-26(34)22-16-27-23-15-19(9-10-32(22)23)31-11-13-35-14-12-31/h1-4,9-10,15-18H,5-8,11-14H2,(H,28,34)(H,30,33). The molecule has 1 amide bonds. The van der Waals surface area contributed by atoms with E-state index in [1.165, 1.54) is 0 Å². The third-order valence-corrected chi connectivity index (χ3v) is 7.28. The van der Waals surface area contributed by atoms with Gasteiger partial charge in [0.05, 0.1) is 30.5 Å². The predicted molar refractivity (Wildman–Crippen MR) is 133 cm³/mol. The third kappa shape index (κ3) is 4.16. The lowest BCUT2D eigenvalue weighted by Crippen LogP contribution is -2.38. The van der Waals surface area contributed by atoms with Gasteiger partial charge in [0.1, 0.15) is 11.3 Å². The first-order valence-electron chi connectivity index (χ1n) is 12.3. The lowest BCUT2D eigenvalue weighted by Gasteiger charge is -2.29. The Morgan fingerprint density at radius 2 is 1.83 bits per heavy atom. The number of benzene rings is 1. The van der Waals surface area contributed by atoms with Gasteiger partial charge in [0, 0.05) is 48.4 Å². The smallest absolute Gasteiger partial charge is 0.272 e. The number of fused-ring (bicyclic) bond motifs is 2. The quantitative estimate of drug-likeness (QED) is 0.473. The molecular weight excluding hydrogens is 444 g/mol. The van der Waals surface area contributed by atoms with Gasteiger partial charge in [0.2, 0.25) is 0 Å². The number of amides is 1. The first-order valence-corrected chi connectivity index (χ1v) is 12.3. The van der Waals surface area contributed by atoms with E-state index in [2.05, 4.69) is 25.4 Å². The van der Waals surface area contributed by atoms with Crippen LogP contribution in [0.1, 0.15) is 47.8 Å². The summed E-state index contributed by atoms with van der Waals surface area (Å²) in [6, 6.07) is 11.8. The minimum Gasteiger partial charge on any atom is -0.378 e. The number of anilines is 1. The maximum atomic E-state index is 13.1. The Balaban J connectivity index is 1.12. The third-order valence-electron chi connectivity index (χ3n) is 7.28. The zero-order valence-electron chi connectivity index (χ0n) is 19.4. The molecule has 1 aliphatic carbocycles. The van der Waals surface area contributed by atoms with Crippen molar-refractivity contribution in [3.63, 3.8) is 0 Å². The van der Waals surface area contributed by atoms with Crippen LogP contribution in [-0.2, 0) is 4.74 Å². The van der Waals surface area contributed by atoms with E-state index in [1.54, 1.807) is 6.20 Å². The van der Waals surface area contributed by atoms with Crippen LogP contribution in [0.25, 0.3) is 16.4 Å². The van der Waals surface area contributed by atoms with Crippen LogP contribution in [0.3, 0.4) is 0 Å². The zero-order valence-corrected chi connectivity index (χ0v) is 19.4. The molecule has 0 radical (unpaired) electrons. The molecule has 1 aliphatic heterocycles. The molecule has 1 aromatic carbocycles. The Hall–Kier alpha value is -3.72. The number of morpholine rings is 1. The number of rotatable bonds is 4. The fourth-order valence-electron chi connectivity index (χ4n) is 5.37. The first-order chi connectivity index (χ1) is 17.2. The van der Waals surface area contributed by atoms with Crippen molar-refractivity contribution in [2.75, 3.05) is 31.2 Å². The van der Waals surface area contributed by atoms with E-state index < -0.39 is 0 Å². The monoisotopic (exact) mass is 472 g/mol. The lowest BCUT2D eigenvalue weighted by atomic mass is 9.82. The van der Waals surface area contributed by atoms with E-state index in [0.29, 0.717) is 11.1 Å². The maximum absolute atomic E-state index is 13.1. The second-order valence-electron chi connectivity index (χ2n) is 9.36. The summed E-state index contributed by atoms with van der Waals surface area (Å²) in [5.74, 6) is 0.159. The molecule has 0 spiro atoms. The van der Waals surface area contributed by atoms with Crippen molar-refractivity contribution >= 4 is 28.0 Å². The minimum absolute atomic E-state index is 0.103. The lowest BCUT2D eigenvalue weighted by molar-refractivity contribution is 0.0919. The van der Waals surface area contributed by atoms with Crippen molar-refractivity contribution in [1.82, 2.24) is 24.9 Å². The SMILES string of the molecule is O=C(NC1CCC(c2n[nH]c(=O)c3ccccc23)CC1)c1cnc2cc(N3CCOCC3)ccn12. The number of H-pyrrole nitrogens is 1. The summed E-state index contributed by atoms with van der Waals surface area (Å²) in [7, 11) is 0. The highest BCUT2D eigenvalue weighted by molar-refractivity contribution is 5.93. The topological polar surface area (TPSA) is 105 Å². The number of pyridine rings is 1. The van der Waals surface area contributed by atoms with Crippen LogP contribution in [0.2, 0.25) is 0 Å². The van der Waals surface area contributed by atoms with Gasteiger partial charge < -0.3 is 15.0 Å². The van der Waals surface area contributed by atoms with Crippen LogP contribution < -0.4 is 15.8 Å². The normalized spacial score (nSPS) is 20.9. The van der Waals surface area contributed by atoms with E-state index in [1.807, 2.05) is 47.0 Å². The Bertz CT molecular complexity index is 1430. The second-order valence-corrected chi connectivity index (χ2v) is 9.36. The number of nitrogens with one attached hydrogen (secondary N) is 2. The number of aromatic amines is 1. The van der Waals surface area contributed by atoms with E-state index in [-0.39, 0.29) is 23.4 Å². The Labute approximate surface area is 202 Å². The molecule has 1 saturated carbocycles. The maximum Gasteiger partial charge on any atom is 0.272 e. The van der Waals surface area contributed by atoms with Gasteiger partial charge in [-0.3, -0.25) is 14.0 Å².